The molecule has 2 bridgehead atoms. The van der Waals surface area contributed by atoms with Crippen LogP contribution in [-0.2, 0) is 28.6 Å². The number of carbonyl (C=O) groups is 4. The average Bonchev–Trinajstić information content (AvgIpc) is 2.94. The number of ether oxygens (including phenoxy) is 3. The number of allylic oxidation sites excluding steroid dienone is 4. The van der Waals surface area contributed by atoms with Gasteiger partial charge in [0.25, 0.3) is 5.91 Å². The van der Waals surface area contributed by atoms with E-state index in [9.17, 15) is 24.3 Å². The van der Waals surface area contributed by atoms with Gasteiger partial charge in [-0.05, 0) is 38.2 Å². The molecule has 6 atom stereocenters. The highest BCUT2D eigenvalue weighted by atomic mass is 16.6. The van der Waals surface area contributed by atoms with Crippen LogP contribution >= 0.6 is 0 Å². The third-order valence-corrected chi connectivity index (χ3v) is 7.22. The third-order valence-electron chi connectivity index (χ3n) is 7.22. The lowest BCUT2D eigenvalue weighted by Gasteiger charge is -2.30. The highest BCUT2D eigenvalue weighted by molar-refractivity contribution is 6.23. The molecule has 1 heterocycles. The van der Waals surface area contributed by atoms with Crippen LogP contribution in [0.25, 0.3) is 0 Å². The predicted octanol–water partition coefficient (Wildman–Crippen LogP) is 2.54. The lowest BCUT2D eigenvalue weighted by atomic mass is 9.85. The molecule has 0 radical (unpaired) electrons. The number of hydrogen-bond donors (Lipinski definition) is 4. The largest absolute Gasteiger partial charge is 0.439 e. The number of Topliss-reactive ketones (excluding diaryl/α,β-unsaturated/α-hetero) is 1. The Labute approximate surface area is 247 Å². The molecule has 5 N–H and O–H groups in total. The van der Waals surface area contributed by atoms with Gasteiger partial charge in [0.05, 0.1) is 23.6 Å². The molecule has 2 aliphatic rings. The minimum atomic E-state index is -1.00. The van der Waals surface area contributed by atoms with Gasteiger partial charge in [-0.1, -0.05) is 44.2 Å². The van der Waals surface area contributed by atoms with Gasteiger partial charge in [0.15, 0.2) is 6.10 Å². The van der Waals surface area contributed by atoms with Gasteiger partial charge >= 0.3 is 6.09 Å². The maximum Gasteiger partial charge on any atom is 0.405 e. The molecule has 11 heteroatoms. The lowest BCUT2D eigenvalue weighted by molar-refractivity contribution is -0.120. The van der Waals surface area contributed by atoms with Crippen LogP contribution in [-0.4, -0.2) is 73.9 Å². The number of carbonyl (C=O) groups excluding carboxylic acids is 4. The first-order valence-electron chi connectivity index (χ1n) is 13.8. The van der Waals surface area contributed by atoms with E-state index in [1.165, 1.54) is 20.3 Å². The van der Waals surface area contributed by atoms with Crippen LogP contribution in [0.4, 0.5) is 4.79 Å². The van der Waals surface area contributed by atoms with Gasteiger partial charge < -0.3 is 35.7 Å². The quantitative estimate of drug-likeness (QED) is 0.271. The summed E-state index contributed by atoms with van der Waals surface area (Å²) in [7, 11) is 2.92. The zero-order valence-corrected chi connectivity index (χ0v) is 25.1. The Hall–Kier alpha value is -3.80. The molecule has 0 saturated carbocycles. The van der Waals surface area contributed by atoms with E-state index in [0.29, 0.717) is 12.0 Å². The fourth-order valence-electron chi connectivity index (χ4n) is 4.95. The molecular formula is C31H43N3O8. The van der Waals surface area contributed by atoms with E-state index in [0.717, 1.165) is 6.08 Å². The molecule has 1 aliphatic carbocycles. The third kappa shape index (κ3) is 9.10. The number of aliphatic hydroxyl groups is 1. The minimum Gasteiger partial charge on any atom is -0.439 e. The van der Waals surface area contributed by atoms with Crippen molar-refractivity contribution in [2.75, 3.05) is 20.8 Å². The molecule has 42 heavy (non-hydrogen) atoms. The number of hydrogen-bond acceptors (Lipinski definition) is 9. The van der Waals surface area contributed by atoms with Gasteiger partial charge in [-0.2, -0.15) is 0 Å². The van der Waals surface area contributed by atoms with Gasteiger partial charge in [0.2, 0.25) is 11.6 Å². The summed E-state index contributed by atoms with van der Waals surface area (Å²) in [5.41, 5.74) is 6.42. The number of fused-ring (bicyclic) bond motifs is 2. The smallest absolute Gasteiger partial charge is 0.405 e. The Balaban J connectivity index is 2.62. The number of amides is 2. The molecule has 0 spiro atoms. The second kappa shape index (κ2) is 16.0. The summed E-state index contributed by atoms with van der Waals surface area (Å²) in [6, 6.07) is 0. The first kappa shape index (κ1) is 34.4. The molecule has 0 saturated heterocycles. The Kier molecular flexibility index (Phi) is 13.1. The van der Waals surface area contributed by atoms with E-state index >= 15 is 0 Å². The van der Waals surface area contributed by atoms with E-state index in [-0.39, 0.29) is 41.4 Å². The van der Waals surface area contributed by atoms with Gasteiger partial charge in [-0.3, -0.25) is 14.4 Å². The van der Waals surface area contributed by atoms with Gasteiger partial charge in [0.1, 0.15) is 6.10 Å². The van der Waals surface area contributed by atoms with Gasteiger partial charge in [0, 0.05) is 43.9 Å². The maximum atomic E-state index is 13.5. The topological polar surface area (TPSA) is 166 Å². The van der Waals surface area contributed by atoms with Crippen molar-refractivity contribution in [1.29, 1.82) is 0 Å². The monoisotopic (exact) mass is 585 g/mol. The van der Waals surface area contributed by atoms with Crippen molar-refractivity contribution < 1.29 is 38.5 Å². The Morgan fingerprint density at radius 1 is 1.21 bits per heavy atom. The molecule has 0 aromatic rings. The standard InChI is InChI=1S/C31H43N3O8/c1-8-12-33-26-21-13-17(2)14-25(41-7)27(36)19(4)15-20(5)29(42-31(32)39)24(40-6)11-9-10-18(3)30(38)34-22(28(21)37)16-23(26)35/h8-11,15-17,19,24-25,27,29,33,36H,1,12-14H2,2-7H3,(H2,32,39)(H,34,38)/b11-9+,18-10+,20-15+/t17-,19-,24-,25-,27+,29-/m1/s1. The maximum absolute atomic E-state index is 13.5. The number of rotatable bonds is 6. The van der Waals surface area contributed by atoms with E-state index in [2.05, 4.69) is 17.2 Å². The SMILES string of the molecule is C=CCNC1=C2C[C@@H](C)C[C@@H](OC)[C@@H](O)[C@H](C)/C=C(\C)[C@@H](OC(N)=O)[C@H](OC)/C=C/C=C(\C)C(=O)NC(=CC1=O)C2=O. The highest BCUT2D eigenvalue weighted by Crippen LogP contribution is 2.28. The molecule has 0 unspecified atom stereocenters. The molecule has 0 fully saturated rings. The zero-order chi connectivity index (χ0) is 31.6. The number of primary amides is 1. The molecule has 2 rings (SSSR count). The van der Waals surface area contributed by atoms with Crippen LogP contribution in [0.15, 0.2) is 71.1 Å². The van der Waals surface area contributed by atoms with Crippen molar-refractivity contribution in [3.05, 3.63) is 71.1 Å². The summed E-state index contributed by atoms with van der Waals surface area (Å²) < 4.78 is 16.6. The minimum absolute atomic E-state index is 0.132. The van der Waals surface area contributed by atoms with Crippen molar-refractivity contribution in [1.82, 2.24) is 10.6 Å². The molecule has 1 aliphatic heterocycles. The average molecular weight is 586 g/mol. The molecule has 0 aromatic heterocycles. The summed E-state index contributed by atoms with van der Waals surface area (Å²) in [5, 5.41) is 16.7. The first-order chi connectivity index (χ1) is 19.8. The number of methoxy groups -OCH3 is 2. The summed E-state index contributed by atoms with van der Waals surface area (Å²) in [5.74, 6) is -2.14. The van der Waals surface area contributed by atoms with Crippen molar-refractivity contribution in [2.24, 2.45) is 17.6 Å². The van der Waals surface area contributed by atoms with Crippen molar-refractivity contribution >= 4 is 23.6 Å². The van der Waals surface area contributed by atoms with Gasteiger partial charge in [-0.15, -0.1) is 6.58 Å². The molecule has 0 aromatic carbocycles. The summed E-state index contributed by atoms with van der Waals surface area (Å²) in [6.45, 7) is 10.9. The number of nitrogens with one attached hydrogen (secondary N) is 2. The van der Waals surface area contributed by atoms with E-state index in [4.69, 9.17) is 19.9 Å². The second-order valence-electron chi connectivity index (χ2n) is 10.6. The molecule has 2 amide bonds. The number of aliphatic hydroxyl groups excluding tert-OH is 1. The Bertz CT molecular complexity index is 1210. The summed E-state index contributed by atoms with van der Waals surface area (Å²) >= 11 is 0. The number of nitrogens with two attached hydrogens (primary N) is 1. The second-order valence-corrected chi connectivity index (χ2v) is 10.6. The van der Waals surface area contributed by atoms with Crippen LogP contribution in [0.1, 0.15) is 40.5 Å². The van der Waals surface area contributed by atoms with Gasteiger partial charge in [-0.25, -0.2) is 4.79 Å². The number of ketones is 2. The Morgan fingerprint density at radius 2 is 1.90 bits per heavy atom. The van der Waals surface area contributed by atoms with Crippen LogP contribution in [0.3, 0.4) is 0 Å². The first-order valence-corrected chi connectivity index (χ1v) is 13.8. The van der Waals surface area contributed by atoms with Crippen LogP contribution in [0, 0.1) is 11.8 Å². The molecule has 11 nitrogen and oxygen atoms in total. The normalized spacial score (nSPS) is 31.6. The lowest BCUT2D eigenvalue weighted by Crippen LogP contribution is -2.37. The van der Waals surface area contributed by atoms with E-state index in [1.807, 2.05) is 6.92 Å². The summed E-state index contributed by atoms with van der Waals surface area (Å²) in [6.07, 6.45) is 5.34. The fourth-order valence-corrected chi connectivity index (χ4v) is 4.95. The van der Waals surface area contributed by atoms with Crippen LogP contribution in [0.2, 0.25) is 0 Å². The van der Waals surface area contributed by atoms with E-state index in [1.54, 1.807) is 45.1 Å². The van der Waals surface area contributed by atoms with Crippen LogP contribution < -0.4 is 16.4 Å². The van der Waals surface area contributed by atoms with Crippen molar-refractivity contribution in [3.63, 3.8) is 0 Å². The fraction of sp³-hybridized carbons (Fsp3) is 0.484. The summed E-state index contributed by atoms with van der Waals surface area (Å²) in [4.78, 5) is 51.3. The van der Waals surface area contributed by atoms with Crippen molar-refractivity contribution in [3.8, 4) is 0 Å². The Morgan fingerprint density at radius 3 is 2.50 bits per heavy atom. The zero-order valence-electron chi connectivity index (χ0n) is 25.1. The van der Waals surface area contributed by atoms with Crippen LogP contribution in [0.5, 0.6) is 0 Å². The molecule has 230 valence electrons. The molecular weight excluding hydrogens is 542 g/mol. The van der Waals surface area contributed by atoms with Crippen molar-refractivity contribution in [2.45, 2.75) is 65.0 Å². The van der Waals surface area contributed by atoms with E-state index < -0.39 is 53.9 Å². The predicted molar refractivity (Wildman–Crippen MR) is 158 cm³/mol. The highest BCUT2D eigenvalue weighted by Gasteiger charge is 2.33.